The van der Waals surface area contributed by atoms with Gasteiger partial charge in [0.15, 0.2) is 5.69 Å². The molecule has 0 radical (unpaired) electrons. The Bertz CT molecular complexity index is 459. The lowest BCUT2D eigenvalue weighted by Gasteiger charge is -2.27. The summed E-state index contributed by atoms with van der Waals surface area (Å²) in [6, 6.07) is 0.953. The van der Waals surface area contributed by atoms with Crippen molar-refractivity contribution in [3.63, 3.8) is 0 Å². The molecule has 1 heterocycles. The van der Waals surface area contributed by atoms with Crippen molar-refractivity contribution >= 4 is 17.4 Å². The van der Waals surface area contributed by atoms with Crippen molar-refractivity contribution < 1.29 is 13.2 Å². The minimum atomic E-state index is -4.51. The van der Waals surface area contributed by atoms with E-state index in [-0.39, 0.29) is 11.1 Å². The fourth-order valence-corrected chi connectivity index (χ4v) is 2.77. The highest BCUT2D eigenvalue weighted by Gasteiger charge is 2.34. The van der Waals surface area contributed by atoms with E-state index >= 15 is 0 Å². The third kappa shape index (κ3) is 3.98. The molecule has 0 N–H and O–H groups in total. The predicted molar refractivity (Wildman–Crippen MR) is 71.9 cm³/mol. The molecule has 0 spiro atoms. The molecule has 0 bridgehead atoms. The van der Waals surface area contributed by atoms with Crippen LogP contribution < -0.4 is 4.90 Å². The Kier molecular flexibility index (Phi) is 4.73. The zero-order valence-electron chi connectivity index (χ0n) is 11.3. The van der Waals surface area contributed by atoms with Crippen molar-refractivity contribution in [3.05, 3.63) is 17.0 Å². The molecule has 1 saturated carbocycles. The Hall–Kier alpha value is -1.04. The molecular weight excluding hydrogens is 291 g/mol. The summed E-state index contributed by atoms with van der Waals surface area (Å²) in [5, 5.41) is -0.370. The lowest BCUT2D eigenvalue weighted by molar-refractivity contribution is -0.141. The van der Waals surface area contributed by atoms with Gasteiger partial charge in [0.25, 0.3) is 0 Å². The second kappa shape index (κ2) is 6.16. The summed E-state index contributed by atoms with van der Waals surface area (Å²) in [6.45, 7) is 0.699. The van der Waals surface area contributed by atoms with Crippen LogP contribution in [0.2, 0.25) is 5.28 Å². The van der Waals surface area contributed by atoms with E-state index < -0.39 is 11.9 Å². The van der Waals surface area contributed by atoms with Crippen molar-refractivity contribution in [2.45, 2.75) is 38.3 Å². The van der Waals surface area contributed by atoms with E-state index in [1.165, 1.54) is 19.3 Å². The van der Waals surface area contributed by atoms with E-state index in [1.807, 2.05) is 0 Å². The van der Waals surface area contributed by atoms with Gasteiger partial charge < -0.3 is 4.90 Å². The number of aromatic nitrogens is 2. The monoisotopic (exact) mass is 307 g/mol. The highest BCUT2D eigenvalue weighted by Crippen LogP contribution is 2.31. The third-order valence-corrected chi connectivity index (χ3v) is 3.79. The topological polar surface area (TPSA) is 29.0 Å². The molecule has 1 fully saturated rings. The van der Waals surface area contributed by atoms with E-state index in [0.717, 1.165) is 18.9 Å². The van der Waals surface area contributed by atoms with Crippen LogP contribution in [0.4, 0.5) is 19.0 Å². The maximum Gasteiger partial charge on any atom is 0.433 e. The maximum atomic E-state index is 12.7. The largest absolute Gasteiger partial charge is 0.433 e. The van der Waals surface area contributed by atoms with E-state index in [1.54, 1.807) is 11.9 Å². The molecule has 2 rings (SSSR count). The first-order valence-corrected chi connectivity index (χ1v) is 7.07. The Morgan fingerprint density at radius 3 is 2.50 bits per heavy atom. The van der Waals surface area contributed by atoms with Crippen molar-refractivity contribution in [3.8, 4) is 0 Å². The summed E-state index contributed by atoms with van der Waals surface area (Å²) >= 11 is 5.59. The molecule has 1 aromatic rings. The average molecular weight is 308 g/mol. The molecule has 1 aliphatic rings. The fourth-order valence-electron chi connectivity index (χ4n) is 2.60. The number of hydrogen-bond donors (Lipinski definition) is 0. The maximum absolute atomic E-state index is 12.7. The van der Waals surface area contributed by atoms with Crippen LogP contribution in [0, 0.1) is 5.92 Å². The second-order valence-electron chi connectivity index (χ2n) is 5.26. The minimum absolute atomic E-state index is 0.225. The summed E-state index contributed by atoms with van der Waals surface area (Å²) < 4.78 is 38.1. The molecule has 3 nitrogen and oxygen atoms in total. The van der Waals surface area contributed by atoms with Crippen LogP contribution in [0.3, 0.4) is 0 Å². The first kappa shape index (κ1) is 15.4. The number of anilines is 1. The molecule has 0 amide bonds. The van der Waals surface area contributed by atoms with Gasteiger partial charge in [-0.05, 0) is 30.4 Å². The summed E-state index contributed by atoms with van der Waals surface area (Å²) in [4.78, 5) is 8.86. The number of halogens is 4. The lowest BCUT2D eigenvalue weighted by Crippen LogP contribution is -2.28. The molecule has 1 aliphatic carbocycles. The minimum Gasteiger partial charge on any atom is -0.359 e. The highest BCUT2D eigenvalue weighted by molar-refractivity contribution is 6.28. The summed E-state index contributed by atoms with van der Waals surface area (Å²) in [5.41, 5.74) is -0.997. The van der Waals surface area contributed by atoms with Crippen LogP contribution in [-0.4, -0.2) is 23.6 Å². The van der Waals surface area contributed by atoms with Crippen molar-refractivity contribution in [2.24, 2.45) is 5.92 Å². The molecule has 20 heavy (non-hydrogen) atoms. The lowest BCUT2D eigenvalue weighted by atomic mass is 9.89. The van der Waals surface area contributed by atoms with Crippen LogP contribution in [0.1, 0.15) is 37.8 Å². The van der Waals surface area contributed by atoms with Crippen molar-refractivity contribution in [1.29, 1.82) is 0 Å². The van der Waals surface area contributed by atoms with E-state index in [4.69, 9.17) is 11.6 Å². The molecule has 112 valence electrons. The zero-order chi connectivity index (χ0) is 14.8. The molecule has 0 saturated heterocycles. The fraction of sp³-hybridized carbons (Fsp3) is 0.692. The van der Waals surface area contributed by atoms with Gasteiger partial charge in [-0.2, -0.15) is 13.2 Å². The molecule has 0 aromatic carbocycles. The number of rotatable bonds is 3. The Morgan fingerprint density at radius 1 is 1.25 bits per heavy atom. The smallest absolute Gasteiger partial charge is 0.359 e. The SMILES string of the molecule is CN(CC1CCCCC1)c1cc(C(F)(F)F)nc(Cl)n1. The molecule has 1 aromatic heterocycles. The Morgan fingerprint density at radius 2 is 1.90 bits per heavy atom. The second-order valence-corrected chi connectivity index (χ2v) is 5.60. The molecular formula is C13H17ClF3N3. The summed E-state index contributed by atoms with van der Waals surface area (Å²) in [6.07, 6.45) is 1.36. The standard InChI is InChI=1S/C13H17ClF3N3/c1-20(8-9-5-3-2-4-6-9)11-7-10(13(15,16)17)18-12(14)19-11/h7,9H,2-6,8H2,1H3. The van der Waals surface area contributed by atoms with E-state index in [9.17, 15) is 13.2 Å². The van der Waals surface area contributed by atoms with Crippen LogP contribution in [0.5, 0.6) is 0 Å². The predicted octanol–water partition coefficient (Wildman–Crippen LogP) is 4.17. The van der Waals surface area contributed by atoms with Crippen LogP contribution >= 0.6 is 11.6 Å². The van der Waals surface area contributed by atoms with Gasteiger partial charge >= 0.3 is 6.18 Å². The van der Waals surface area contributed by atoms with Gasteiger partial charge in [0.1, 0.15) is 5.82 Å². The summed E-state index contributed by atoms with van der Waals surface area (Å²) in [7, 11) is 1.74. The average Bonchev–Trinajstić information content (AvgIpc) is 2.38. The van der Waals surface area contributed by atoms with E-state index in [0.29, 0.717) is 12.5 Å². The number of nitrogens with zero attached hydrogens (tertiary/aromatic N) is 3. The van der Waals surface area contributed by atoms with Gasteiger partial charge in [-0.25, -0.2) is 9.97 Å². The molecule has 7 heteroatoms. The van der Waals surface area contributed by atoms with Crippen molar-refractivity contribution in [1.82, 2.24) is 9.97 Å². The first-order valence-electron chi connectivity index (χ1n) is 6.69. The summed E-state index contributed by atoms with van der Waals surface area (Å²) in [5.74, 6) is 0.736. The van der Waals surface area contributed by atoms with Crippen molar-refractivity contribution in [2.75, 3.05) is 18.5 Å². The van der Waals surface area contributed by atoms with Gasteiger partial charge in [-0.3, -0.25) is 0 Å². The Labute approximate surface area is 121 Å². The quantitative estimate of drug-likeness (QED) is 0.785. The first-order chi connectivity index (χ1) is 9.36. The zero-order valence-corrected chi connectivity index (χ0v) is 12.0. The number of hydrogen-bond acceptors (Lipinski definition) is 3. The Balaban J connectivity index is 2.12. The van der Waals surface area contributed by atoms with Gasteiger partial charge in [0.2, 0.25) is 5.28 Å². The molecule has 0 aliphatic heterocycles. The van der Waals surface area contributed by atoms with Crippen LogP contribution in [0.25, 0.3) is 0 Å². The normalized spacial score (nSPS) is 17.2. The van der Waals surface area contributed by atoms with Gasteiger partial charge in [-0.15, -0.1) is 0 Å². The third-order valence-electron chi connectivity index (χ3n) is 3.62. The van der Waals surface area contributed by atoms with Gasteiger partial charge in [-0.1, -0.05) is 19.3 Å². The molecule has 0 atom stereocenters. The highest BCUT2D eigenvalue weighted by atomic mass is 35.5. The number of alkyl halides is 3. The van der Waals surface area contributed by atoms with Gasteiger partial charge in [0.05, 0.1) is 0 Å². The van der Waals surface area contributed by atoms with Crippen LogP contribution in [0.15, 0.2) is 6.07 Å². The van der Waals surface area contributed by atoms with Crippen LogP contribution in [-0.2, 0) is 6.18 Å². The molecule has 0 unspecified atom stereocenters. The van der Waals surface area contributed by atoms with Gasteiger partial charge in [0, 0.05) is 19.7 Å². The van der Waals surface area contributed by atoms with E-state index in [2.05, 4.69) is 9.97 Å².